The first-order chi connectivity index (χ1) is 9.85. The van der Waals surface area contributed by atoms with Gasteiger partial charge in [0, 0.05) is 23.2 Å². The molecule has 1 aromatic carbocycles. The van der Waals surface area contributed by atoms with Crippen molar-refractivity contribution in [2.45, 2.75) is 9.37 Å². The lowest BCUT2D eigenvalue weighted by Crippen LogP contribution is -1.95. The number of ether oxygens (including phenoxy) is 1. The molecule has 0 aliphatic heterocycles. The quantitative estimate of drug-likeness (QED) is 0.687. The van der Waals surface area contributed by atoms with Crippen LogP contribution in [0.3, 0.4) is 0 Å². The van der Waals surface area contributed by atoms with Gasteiger partial charge in [-0.3, -0.25) is 0 Å². The second kappa shape index (κ2) is 6.02. The van der Waals surface area contributed by atoms with Crippen molar-refractivity contribution in [3.8, 4) is 17.3 Å². The summed E-state index contributed by atoms with van der Waals surface area (Å²) in [5.41, 5.74) is 0.965. The summed E-state index contributed by atoms with van der Waals surface area (Å²) < 4.78 is 6.20. The zero-order valence-electron chi connectivity index (χ0n) is 10.7. The highest BCUT2D eigenvalue weighted by Crippen LogP contribution is 2.31. The number of rotatable bonds is 4. The summed E-state index contributed by atoms with van der Waals surface area (Å²) in [6.07, 6.45) is 1.78. The van der Waals surface area contributed by atoms with Crippen molar-refractivity contribution >= 4 is 23.1 Å². The van der Waals surface area contributed by atoms with Crippen molar-refractivity contribution in [2.75, 3.05) is 7.11 Å². The molecule has 0 amide bonds. The predicted octanol–water partition coefficient (Wildman–Crippen LogP) is 3.76. The van der Waals surface area contributed by atoms with E-state index in [1.54, 1.807) is 24.6 Å². The van der Waals surface area contributed by atoms with Crippen molar-refractivity contribution in [2.24, 2.45) is 0 Å². The summed E-state index contributed by atoms with van der Waals surface area (Å²) in [5, 5.41) is 2.77. The van der Waals surface area contributed by atoms with Gasteiger partial charge in [-0.1, -0.05) is 30.3 Å². The molecular formula is C14H11N3OS2. The lowest BCUT2D eigenvalue weighted by Gasteiger charge is -2.06. The van der Waals surface area contributed by atoms with Gasteiger partial charge < -0.3 is 4.74 Å². The maximum absolute atomic E-state index is 5.25. The minimum Gasteiger partial charge on any atom is -0.481 e. The maximum atomic E-state index is 5.25. The average Bonchev–Trinajstić information content (AvgIpc) is 3.00. The topological polar surface area (TPSA) is 47.9 Å². The first-order valence-electron chi connectivity index (χ1n) is 5.91. The highest BCUT2D eigenvalue weighted by molar-refractivity contribution is 8.01. The fraction of sp³-hybridized carbons (Fsp3) is 0.0714. The Hall–Kier alpha value is -1.92. The highest BCUT2D eigenvalue weighted by Gasteiger charge is 2.09. The number of aromatic nitrogens is 3. The average molecular weight is 301 g/mol. The molecule has 2 aromatic heterocycles. The van der Waals surface area contributed by atoms with Gasteiger partial charge in [-0.05, 0) is 11.8 Å². The van der Waals surface area contributed by atoms with Gasteiger partial charge in [0.25, 0.3) is 0 Å². The number of hydrogen-bond donors (Lipinski definition) is 0. The van der Waals surface area contributed by atoms with Gasteiger partial charge in [-0.25, -0.2) is 9.97 Å². The standard InChI is InChI=1S/C14H11N3OS2/c1-18-11-9-12(20-14-15-7-8-19-14)17-13(16-11)10-5-3-2-4-6-10/h2-9H,1H3. The summed E-state index contributed by atoms with van der Waals surface area (Å²) in [6.45, 7) is 0. The maximum Gasteiger partial charge on any atom is 0.217 e. The number of hydrogen-bond acceptors (Lipinski definition) is 6. The van der Waals surface area contributed by atoms with E-state index >= 15 is 0 Å². The van der Waals surface area contributed by atoms with E-state index in [0.29, 0.717) is 11.7 Å². The molecule has 6 heteroatoms. The third-order valence-corrected chi connectivity index (χ3v) is 4.32. The van der Waals surface area contributed by atoms with E-state index in [4.69, 9.17) is 4.74 Å². The second-order valence-corrected chi connectivity index (χ2v) is 6.00. The van der Waals surface area contributed by atoms with Crippen LogP contribution in [0, 0.1) is 0 Å². The van der Waals surface area contributed by atoms with Crippen LogP contribution in [0.4, 0.5) is 0 Å². The van der Waals surface area contributed by atoms with Crippen LogP contribution in [0.1, 0.15) is 0 Å². The molecule has 20 heavy (non-hydrogen) atoms. The minimum absolute atomic E-state index is 0.554. The summed E-state index contributed by atoms with van der Waals surface area (Å²) in [4.78, 5) is 13.2. The molecule has 0 fully saturated rings. The molecule has 2 heterocycles. The van der Waals surface area contributed by atoms with E-state index in [1.165, 1.54) is 11.8 Å². The van der Waals surface area contributed by atoms with Crippen molar-refractivity contribution in [3.05, 3.63) is 48.0 Å². The van der Waals surface area contributed by atoms with Crippen molar-refractivity contribution in [1.29, 1.82) is 0 Å². The molecule has 0 saturated heterocycles. The van der Waals surface area contributed by atoms with Gasteiger partial charge in [-0.2, -0.15) is 4.98 Å². The normalized spacial score (nSPS) is 10.4. The van der Waals surface area contributed by atoms with Crippen LogP contribution in [0.15, 0.2) is 57.3 Å². The Morgan fingerprint density at radius 2 is 2.00 bits per heavy atom. The molecule has 0 saturated carbocycles. The van der Waals surface area contributed by atoms with E-state index in [1.807, 2.05) is 41.8 Å². The first-order valence-corrected chi connectivity index (χ1v) is 7.60. The molecule has 0 N–H and O–H groups in total. The molecule has 100 valence electrons. The van der Waals surface area contributed by atoms with Gasteiger partial charge in [0.1, 0.15) is 5.03 Å². The SMILES string of the molecule is COc1cc(Sc2nccs2)nc(-c2ccccc2)n1. The van der Waals surface area contributed by atoms with Crippen molar-refractivity contribution in [1.82, 2.24) is 15.0 Å². The molecule has 0 unspecified atom stereocenters. The van der Waals surface area contributed by atoms with E-state index in [9.17, 15) is 0 Å². The van der Waals surface area contributed by atoms with Crippen LogP contribution in [0.2, 0.25) is 0 Å². The summed E-state index contributed by atoms with van der Waals surface area (Å²) >= 11 is 3.09. The van der Waals surface area contributed by atoms with Crippen molar-refractivity contribution < 1.29 is 4.74 Å². The fourth-order valence-electron chi connectivity index (χ4n) is 1.63. The monoisotopic (exact) mass is 301 g/mol. The molecule has 0 atom stereocenters. The Balaban J connectivity index is 1.99. The minimum atomic E-state index is 0.554. The highest BCUT2D eigenvalue weighted by atomic mass is 32.2. The van der Waals surface area contributed by atoms with E-state index in [2.05, 4.69) is 15.0 Å². The van der Waals surface area contributed by atoms with Crippen molar-refractivity contribution in [3.63, 3.8) is 0 Å². The predicted molar refractivity (Wildman–Crippen MR) is 80.3 cm³/mol. The Morgan fingerprint density at radius 1 is 1.15 bits per heavy atom. The largest absolute Gasteiger partial charge is 0.481 e. The molecule has 0 bridgehead atoms. The molecule has 0 aliphatic carbocycles. The van der Waals surface area contributed by atoms with Crippen LogP contribution in [0.25, 0.3) is 11.4 Å². The van der Waals surface area contributed by atoms with E-state index < -0.39 is 0 Å². The molecule has 4 nitrogen and oxygen atoms in total. The van der Waals surface area contributed by atoms with Gasteiger partial charge in [-0.15, -0.1) is 11.3 Å². The van der Waals surface area contributed by atoms with Gasteiger partial charge in [0.15, 0.2) is 10.2 Å². The molecule has 0 radical (unpaired) electrons. The van der Waals surface area contributed by atoms with Crippen LogP contribution in [0.5, 0.6) is 5.88 Å². The molecular weight excluding hydrogens is 290 g/mol. The van der Waals surface area contributed by atoms with Crippen LogP contribution in [-0.2, 0) is 0 Å². The number of benzene rings is 1. The Bertz CT molecular complexity index is 687. The lowest BCUT2D eigenvalue weighted by molar-refractivity contribution is 0.395. The van der Waals surface area contributed by atoms with Gasteiger partial charge in [0.05, 0.1) is 7.11 Å². The smallest absolute Gasteiger partial charge is 0.217 e. The number of nitrogens with zero attached hydrogens (tertiary/aromatic N) is 3. The Morgan fingerprint density at radius 3 is 2.70 bits per heavy atom. The second-order valence-electron chi connectivity index (χ2n) is 3.84. The van der Waals surface area contributed by atoms with E-state index in [-0.39, 0.29) is 0 Å². The van der Waals surface area contributed by atoms with Gasteiger partial charge >= 0.3 is 0 Å². The Kier molecular flexibility index (Phi) is 3.94. The van der Waals surface area contributed by atoms with Gasteiger partial charge in [0.2, 0.25) is 5.88 Å². The van der Waals surface area contributed by atoms with Crippen LogP contribution < -0.4 is 4.74 Å². The lowest BCUT2D eigenvalue weighted by atomic mass is 10.2. The Labute approximate surface area is 124 Å². The molecule has 3 rings (SSSR count). The molecule has 0 aliphatic rings. The third-order valence-electron chi connectivity index (χ3n) is 2.52. The molecule has 3 aromatic rings. The zero-order valence-corrected chi connectivity index (χ0v) is 12.3. The third kappa shape index (κ3) is 2.97. The number of methoxy groups -OCH3 is 1. The summed E-state index contributed by atoms with van der Waals surface area (Å²) in [7, 11) is 1.61. The van der Waals surface area contributed by atoms with Crippen LogP contribution in [-0.4, -0.2) is 22.1 Å². The fourth-order valence-corrected chi connectivity index (χ4v) is 3.19. The van der Waals surface area contributed by atoms with Crippen LogP contribution >= 0.6 is 23.1 Å². The summed E-state index contributed by atoms with van der Waals surface area (Å²) in [5.74, 6) is 1.21. The first kappa shape index (κ1) is 13.1. The summed E-state index contributed by atoms with van der Waals surface area (Å²) in [6, 6.07) is 11.7. The zero-order chi connectivity index (χ0) is 13.8. The van der Waals surface area contributed by atoms with E-state index in [0.717, 1.165) is 14.9 Å². The number of thiazole rings is 1. The molecule has 0 spiro atoms.